The zero-order valence-corrected chi connectivity index (χ0v) is 21.2. The zero-order chi connectivity index (χ0) is 24.4. The maximum absolute atomic E-state index is 13.7. The van der Waals surface area contributed by atoms with E-state index in [0.29, 0.717) is 21.8 Å². The molecule has 0 aliphatic carbocycles. The maximum atomic E-state index is 13.7. The first-order valence-electron chi connectivity index (χ1n) is 10.2. The van der Waals surface area contributed by atoms with E-state index in [1.165, 1.54) is 24.2 Å². The Labute approximate surface area is 211 Å². The van der Waals surface area contributed by atoms with Crippen LogP contribution >= 0.6 is 39.3 Å². The summed E-state index contributed by atoms with van der Waals surface area (Å²) in [6.45, 7) is 2.67. The second kappa shape index (κ2) is 11.0. The van der Waals surface area contributed by atoms with Gasteiger partial charge in [0.25, 0.3) is 0 Å². The van der Waals surface area contributed by atoms with Crippen molar-refractivity contribution in [3.8, 4) is 11.1 Å². The minimum absolute atomic E-state index is 0.0545. The van der Waals surface area contributed by atoms with Crippen molar-refractivity contribution in [3.05, 3.63) is 63.9 Å². The van der Waals surface area contributed by atoms with Crippen molar-refractivity contribution >= 4 is 39.3 Å². The molecule has 3 unspecified atom stereocenters. The summed E-state index contributed by atoms with van der Waals surface area (Å²) < 4.78 is 60.3. The summed E-state index contributed by atoms with van der Waals surface area (Å²) in [7, 11) is 1.56. The molecule has 0 saturated carbocycles. The van der Waals surface area contributed by atoms with Gasteiger partial charge >= 0.3 is 0 Å². The minimum atomic E-state index is -1.51. The summed E-state index contributed by atoms with van der Waals surface area (Å²) in [5, 5.41) is 4.76. The molecule has 3 aromatic rings. The van der Waals surface area contributed by atoms with Gasteiger partial charge in [0, 0.05) is 30.0 Å². The number of halogens is 5. The Morgan fingerprint density at radius 2 is 1.97 bits per heavy atom. The lowest BCUT2D eigenvalue weighted by atomic mass is 10.1. The zero-order valence-electron chi connectivity index (χ0n) is 18.1. The molecule has 0 radical (unpaired) electrons. The Bertz CT molecular complexity index is 1150. The standard InChI is InChI=1S/C22H20BrClF3N3O3S/c1-11-18(10-32-11)33-22(34-19-5-14(24)7-28-21(19)23)17(31-2)9-30-8-13(6-29-30)12-3-15(25)20(27)16(26)4-12/h3-8,11,17-18,22H,9-10H2,1-2H3/t11?,17-,18?,22?/m0/s1. The molecule has 12 heteroatoms. The Morgan fingerprint density at radius 3 is 2.59 bits per heavy atom. The highest BCUT2D eigenvalue weighted by Gasteiger charge is 2.35. The fourth-order valence-corrected chi connectivity index (χ4v) is 5.15. The van der Waals surface area contributed by atoms with Crippen LogP contribution < -0.4 is 0 Å². The molecule has 0 bridgehead atoms. The van der Waals surface area contributed by atoms with E-state index in [0.717, 1.165) is 17.0 Å². The van der Waals surface area contributed by atoms with Crippen LogP contribution in [-0.4, -0.2) is 52.2 Å². The van der Waals surface area contributed by atoms with Crippen LogP contribution in [-0.2, 0) is 20.8 Å². The van der Waals surface area contributed by atoms with Gasteiger partial charge < -0.3 is 14.2 Å². The predicted octanol–water partition coefficient (Wildman–Crippen LogP) is 5.72. The van der Waals surface area contributed by atoms with Crippen LogP contribution in [0.25, 0.3) is 11.1 Å². The Balaban J connectivity index is 1.55. The van der Waals surface area contributed by atoms with Gasteiger partial charge in [0.15, 0.2) is 17.5 Å². The second-order valence-electron chi connectivity index (χ2n) is 7.62. The van der Waals surface area contributed by atoms with E-state index in [4.69, 9.17) is 25.8 Å². The number of benzene rings is 1. The first-order chi connectivity index (χ1) is 16.2. The highest BCUT2D eigenvalue weighted by Crippen LogP contribution is 2.36. The number of nitrogens with zero attached hydrogens (tertiary/aromatic N) is 3. The molecule has 6 nitrogen and oxygen atoms in total. The average Bonchev–Trinajstić information content (AvgIpc) is 3.28. The lowest BCUT2D eigenvalue weighted by Crippen LogP contribution is -2.48. The molecule has 1 aliphatic rings. The average molecular weight is 579 g/mol. The van der Waals surface area contributed by atoms with Gasteiger partial charge in [-0.3, -0.25) is 4.68 Å². The third kappa shape index (κ3) is 5.77. The predicted molar refractivity (Wildman–Crippen MR) is 125 cm³/mol. The number of ether oxygens (including phenoxy) is 3. The van der Waals surface area contributed by atoms with Crippen LogP contribution in [0, 0.1) is 17.5 Å². The molecular formula is C22H20BrClF3N3O3S. The van der Waals surface area contributed by atoms with Crippen LogP contribution in [0.2, 0.25) is 5.02 Å². The lowest BCUT2D eigenvalue weighted by molar-refractivity contribution is -0.198. The molecule has 0 N–H and O–H groups in total. The van der Waals surface area contributed by atoms with E-state index < -0.39 is 29.0 Å². The van der Waals surface area contributed by atoms with Gasteiger partial charge in [0.05, 0.1) is 30.5 Å². The van der Waals surface area contributed by atoms with E-state index >= 15 is 0 Å². The molecule has 182 valence electrons. The van der Waals surface area contributed by atoms with Crippen molar-refractivity contribution in [2.24, 2.45) is 0 Å². The van der Waals surface area contributed by atoms with Crippen molar-refractivity contribution in [1.82, 2.24) is 14.8 Å². The fourth-order valence-electron chi connectivity index (χ4n) is 3.28. The second-order valence-corrected chi connectivity index (χ2v) is 9.95. The van der Waals surface area contributed by atoms with Gasteiger partial charge in [-0.2, -0.15) is 5.10 Å². The first kappa shape index (κ1) is 25.5. The number of hydrogen-bond donors (Lipinski definition) is 0. The van der Waals surface area contributed by atoms with Gasteiger partial charge in [0.2, 0.25) is 0 Å². The molecule has 4 atom stereocenters. The molecule has 1 aromatic carbocycles. The van der Waals surface area contributed by atoms with Gasteiger partial charge in [-0.05, 0) is 46.6 Å². The van der Waals surface area contributed by atoms with Gasteiger partial charge in [-0.25, -0.2) is 18.2 Å². The molecule has 2 aromatic heterocycles. The third-order valence-electron chi connectivity index (χ3n) is 5.30. The van der Waals surface area contributed by atoms with Crippen LogP contribution in [0.15, 0.2) is 46.3 Å². The normalized spacial score (nSPS) is 19.6. The number of methoxy groups -OCH3 is 1. The highest BCUT2D eigenvalue weighted by molar-refractivity contribution is 9.10. The van der Waals surface area contributed by atoms with Crippen molar-refractivity contribution in [1.29, 1.82) is 0 Å². The van der Waals surface area contributed by atoms with Gasteiger partial charge in [-0.1, -0.05) is 23.4 Å². The topological polar surface area (TPSA) is 58.4 Å². The van der Waals surface area contributed by atoms with Crippen molar-refractivity contribution < 1.29 is 27.4 Å². The Kier molecular flexibility index (Phi) is 8.21. The van der Waals surface area contributed by atoms with E-state index in [1.54, 1.807) is 24.1 Å². The summed E-state index contributed by atoms with van der Waals surface area (Å²) in [6.07, 6.45) is 3.94. The summed E-state index contributed by atoms with van der Waals surface area (Å²) in [4.78, 5) is 4.99. The smallest absolute Gasteiger partial charge is 0.194 e. The third-order valence-corrected chi connectivity index (χ3v) is 7.61. The maximum Gasteiger partial charge on any atom is 0.194 e. The molecule has 1 fully saturated rings. The Morgan fingerprint density at radius 1 is 1.24 bits per heavy atom. The summed E-state index contributed by atoms with van der Waals surface area (Å²) in [5.74, 6) is -4.04. The monoisotopic (exact) mass is 577 g/mol. The molecule has 1 saturated heterocycles. The number of rotatable bonds is 9. The molecule has 34 heavy (non-hydrogen) atoms. The number of hydrogen-bond acceptors (Lipinski definition) is 6. The number of aromatic nitrogens is 3. The summed E-state index contributed by atoms with van der Waals surface area (Å²) in [6, 6.07) is 3.63. The van der Waals surface area contributed by atoms with Crippen LogP contribution in [0.5, 0.6) is 0 Å². The largest absolute Gasteiger partial charge is 0.376 e. The number of thioether (sulfide) groups is 1. The van der Waals surface area contributed by atoms with Crippen LogP contribution in [0.3, 0.4) is 0 Å². The summed E-state index contributed by atoms with van der Waals surface area (Å²) >= 11 is 11.0. The van der Waals surface area contributed by atoms with E-state index in [2.05, 4.69) is 26.0 Å². The highest BCUT2D eigenvalue weighted by atomic mass is 79.9. The molecule has 4 rings (SSSR count). The first-order valence-corrected chi connectivity index (χ1v) is 12.2. The van der Waals surface area contributed by atoms with Crippen molar-refractivity contribution in [2.75, 3.05) is 13.7 Å². The van der Waals surface area contributed by atoms with Crippen LogP contribution in [0.1, 0.15) is 6.92 Å². The van der Waals surface area contributed by atoms with Gasteiger partial charge in [0.1, 0.15) is 22.2 Å². The SMILES string of the molecule is CO[C@@H](Cn1cc(-c2cc(F)c(F)c(F)c2)cn1)C(OC1COC1C)Sc1cc(Cl)cnc1Br. The van der Waals surface area contributed by atoms with Crippen molar-refractivity contribution in [3.63, 3.8) is 0 Å². The fraction of sp³-hybridized carbons (Fsp3) is 0.364. The molecule has 0 amide bonds. The minimum Gasteiger partial charge on any atom is -0.376 e. The molecule has 0 spiro atoms. The quantitative estimate of drug-likeness (QED) is 0.140. The van der Waals surface area contributed by atoms with E-state index in [-0.39, 0.29) is 24.3 Å². The van der Waals surface area contributed by atoms with E-state index in [1.807, 2.05) is 6.92 Å². The molecule has 3 heterocycles. The molecule has 1 aliphatic heterocycles. The lowest BCUT2D eigenvalue weighted by Gasteiger charge is -2.38. The number of pyridine rings is 1. The van der Waals surface area contributed by atoms with Gasteiger partial charge in [-0.15, -0.1) is 0 Å². The molecular weight excluding hydrogens is 559 g/mol. The van der Waals surface area contributed by atoms with E-state index in [9.17, 15) is 13.2 Å². The van der Waals surface area contributed by atoms with Crippen LogP contribution in [0.4, 0.5) is 13.2 Å². The Hall–Kier alpha value is -1.63. The van der Waals surface area contributed by atoms with Crippen molar-refractivity contribution in [2.45, 2.75) is 42.1 Å². The summed E-state index contributed by atoms with van der Waals surface area (Å²) in [5.41, 5.74) is 0.125.